The summed E-state index contributed by atoms with van der Waals surface area (Å²) in [6.07, 6.45) is -1.14. The van der Waals surface area contributed by atoms with Crippen LogP contribution in [0.25, 0.3) is 0 Å². The lowest BCUT2D eigenvalue weighted by Gasteiger charge is -2.14. The first-order valence-electron chi connectivity index (χ1n) is 4.86. The third kappa shape index (κ3) is 3.69. The molecule has 4 N–H and O–H groups in total. The Hall–Kier alpha value is -1.39. The predicted octanol–water partition coefficient (Wildman–Crippen LogP) is 0.0109. The first-order valence-corrected chi connectivity index (χ1v) is 4.86. The largest absolute Gasteiger partial charge is 0.382 e. The molecule has 1 aromatic carbocycles. The molecule has 1 aromatic rings. The van der Waals surface area contributed by atoms with Gasteiger partial charge in [0.05, 0.1) is 0 Å². The zero-order valence-corrected chi connectivity index (χ0v) is 8.68. The summed E-state index contributed by atoms with van der Waals surface area (Å²) in [5.74, 6) is -0.436. The average Bonchev–Trinajstić information content (AvgIpc) is 2.26. The van der Waals surface area contributed by atoms with E-state index in [-0.39, 0.29) is 0 Å². The van der Waals surface area contributed by atoms with Gasteiger partial charge in [0.15, 0.2) is 0 Å². The van der Waals surface area contributed by atoms with Crippen LogP contribution in [0.1, 0.15) is 12.5 Å². The number of carbonyl (C=O) groups is 1. The zero-order valence-electron chi connectivity index (χ0n) is 8.68. The maximum absolute atomic E-state index is 11.3. The van der Waals surface area contributed by atoms with Gasteiger partial charge in [-0.1, -0.05) is 30.3 Å². The highest BCUT2D eigenvalue weighted by atomic mass is 16.3. The maximum atomic E-state index is 11.3. The van der Waals surface area contributed by atoms with E-state index in [4.69, 9.17) is 5.73 Å². The van der Waals surface area contributed by atoms with Gasteiger partial charge in [-0.2, -0.15) is 0 Å². The van der Waals surface area contributed by atoms with Crippen molar-refractivity contribution in [3.63, 3.8) is 0 Å². The van der Waals surface area contributed by atoms with E-state index in [0.29, 0.717) is 6.54 Å². The van der Waals surface area contributed by atoms with Gasteiger partial charge < -0.3 is 16.2 Å². The van der Waals surface area contributed by atoms with Crippen molar-refractivity contribution < 1.29 is 9.90 Å². The third-order valence-electron chi connectivity index (χ3n) is 2.08. The van der Waals surface area contributed by atoms with Crippen molar-refractivity contribution in [3.05, 3.63) is 35.9 Å². The monoisotopic (exact) mass is 208 g/mol. The lowest BCUT2D eigenvalue weighted by molar-refractivity contribution is -0.130. The minimum Gasteiger partial charge on any atom is -0.382 e. The quantitative estimate of drug-likeness (QED) is 0.652. The molecule has 0 spiro atoms. The molecular weight excluding hydrogens is 192 g/mol. The number of carbonyl (C=O) groups excluding carboxylic acids is 1. The SMILES string of the molecule is C[C@@H](N)C(O)C(=O)NCc1ccccc1. The molecule has 4 heteroatoms. The Morgan fingerprint density at radius 3 is 2.60 bits per heavy atom. The second-order valence-corrected chi connectivity index (χ2v) is 3.51. The van der Waals surface area contributed by atoms with E-state index in [2.05, 4.69) is 5.32 Å². The number of aliphatic hydroxyl groups is 1. The summed E-state index contributed by atoms with van der Waals surface area (Å²) in [4.78, 5) is 11.3. The van der Waals surface area contributed by atoms with Gasteiger partial charge in [0.2, 0.25) is 0 Å². The van der Waals surface area contributed by atoms with Crippen LogP contribution in [0.4, 0.5) is 0 Å². The van der Waals surface area contributed by atoms with Crippen LogP contribution in [0.5, 0.6) is 0 Å². The Balaban J connectivity index is 2.41. The van der Waals surface area contributed by atoms with Gasteiger partial charge >= 0.3 is 0 Å². The van der Waals surface area contributed by atoms with E-state index in [1.807, 2.05) is 30.3 Å². The molecule has 82 valence electrons. The minimum atomic E-state index is -1.14. The Labute approximate surface area is 89.1 Å². The van der Waals surface area contributed by atoms with E-state index in [9.17, 15) is 9.90 Å². The molecular formula is C11H16N2O2. The smallest absolute Gasteiger partial charge is 0.250 e. The molecule has 0 saturated carbocycles. The number of aliphatic hydroxyl groups excluding tert-OH is 1. The highest BCUT2D eigenvalue weighted by Crippen LogP contribution is 1.98. The van der Waals surface area contributed by atoms with Crippen LogP contribution in [0.15, 0.2) is 30.3 Å². The molecule has 0 saturated heterocycles. The molecule has 1 rings (SSSR count). The van der Waals surface area contributed by atoms with Crippen LogP contribution in [0.3, 0.4) is 0 Å². The predicted molar refractivity (Wildman–Crippen MR) is 57.9 cm³/mol. The molecule has 0 aromatic heterocycles. The summed E-state index contributed by atoms with van der Waals surface area (Å²) >= 11 is 0. The maximum Gasteiger partial charge on any atom is 0.250 e. The molecule has 0 aliphatic heterocycles. The molecule has 0 fully saturated rings. The van der Waals surface area contributed by atoms with Crippen LogP contribution >= 0.6 is 0 Å². The number of nitrogens with one attached hydrogen (secondary N) is 1. The number of hydrogen-bond acceptors (Lipinski definition) is 3. The first kappa shape index (κ1) is 11.7. The normalized spacial score (nSPS) is 14.3. The topological polar surface area (TPSA) is 75.3 Å². The van der Waals surface area contributed by atoms with Gasteiger partial charge in [-0.3, -0.25) is 4.79 Å². The summed E-state index contributed by atoms with van der Waals surface area (Å²) in [6, 6.07) is 8.94. The fraction of sp³-hybridized carbons (Fsp3) is 0.364. The van der Waals surface area contributed by atoms with Crippen molar-refractivity contribution >= 4 is 5.91 Å². The summed E-state index contributed by atoms with van der Waals surface area (Å²) in [5, 5.41) is 11.9. The third-order valence-corrected chi connectivity index (χ3v) is 2.08. The fourth-order valence-corrected chi connectivity index (χ4v) is 1.13. The van der Waals surface area contributed by atoms with Crippen LogP contribution in [0.2, 0.25) is 0 Å². The molecule has 2 atom stereocenters. The van der Waals surface area contributed by atoms with Crippen LogP contribution in [-0.2, 0) is 11.3 Å². The average molecular weight is 208 g/mol. The Morgan fingerprint density at radius 2 is 2.07 bits per heavy atom. The van der Waals surface area contributed by atoms with E-state index >= 15 is 0 Å². The van der Waals surface area contributed by atoms with Crippen LogP contribution < -0.4 is 11.1 Å². The van der Waals surface area contributed by atoms with E-state index < -0.39 is 18.1 Å². The number of rotatable bonds is 4. The summed E-state index contributed by atoms with van der Waals surface area (Å²) in [7, 11) is 0. The molecule has 15 heavy (non-hydrogen) atoms. The number of hydrogen-bond donors (Lipinski definition) is 3. The lowest BCUT2D eigenvalue weighted by atomic mass is 10.2. The zero-order chi connectivity index (χ0) is 11.3. The highest BCUT2D eigenvalue weighted by Gasteiger charge is 2.18. The van der Waals surface area contributed by atoms with Crippen molar-refractivity contribution in [1.82, 2.24) is 5.32 Å². The molecule has 1 unspecified atom stereocenters. The fourth-order valence-electron chi connectivity index (χ4n) is 1.13. The summed E-state index contributed by atoms with van der Waals surface area (Å²) in [6.45, 7) is 2.00. The molecule has 0 aliphatic carbocycles. The molecule has 0 aliphatic rings. The minimum absolute atomic E-state index is 0.406. The van der Waals surface area contributed by atoms with Gasteiger partial charge in [0.25, 0.3) is 5.91 Å². The number of benzene rings is 1. The number of amides is 1. The van der Waals surface area contributed by atoms with Crippen molar-refractivity contribution in [2.24, 2.45) is 5.73 Å². The first-order chi connectivity index (χ1) is 7.11. The molecule has 4 nitrogen and oxygen atoms in total. The van der Waals surface area contributed by atoms with Gasteiger partial charge in [-0.05, 0) is 12.5 Å². The number of nitrogens with two attached hydrogens (primary N) is 1. The van der Waals surface area contributed by atoms with Gasteiger partial charge in [0, 0.05) is 12.6 Å². The highest BCUT2D eigenvalue weighted by molar-refractivity contribution is 5.81. The van der Waals surface area contributed by atoms with Crippen molar-refractivity contribution in [3.8, 4) is 0 Å². The summed E-state index contributed by atoms with van der Waals surface area (Å²) < 4.78 is 0. The summed E-state index contributed by atoms with van der Waals surface area (Å²) in [5.41, 5.74) is 6.38. The molecule has 1 amide bonds. The van der Waals surface area contributed by atoms with Crippen LogP contribution in [-0.4, -0.2) is 23.2 Å². The van der Waals surface area contributed by atoms with Gasteiger partial charge in [0.1, 0.15) is 6.10 Å². The molecule has 0 radical (unpaired) electrons. The van der Waals surface area contributed by atoms with Crippen LogP contribution in [0, 0.1) is 0 Å². The standard InChI is InChI=1S/C11H16N2O2/c1-8(12)10(14)11(15)13-7-9-5-3-2-4-6-9/h2-6,8,10,14H,7,12H2,1H3,(H,13,15)/t8-,10?/m1/s1. The van der Waals surface area contributed by atoms with E-state index in [1.54, 1.807) is 6.92 Å². The lowest BCUT2D eigenvalue weighted by Crippen LogP contribution is -2.44. The Morgan fingerprint density at radius 1 is 1.47 bits per heavy atom. The molecule has 0 bridgehead atoms. The van der Waals surface area contributed by atoms with E-state index in [1.165, 1.54) is 0 Å². The van der Waals surface area contributed by atoms with Gasteiger partial charge in [-0.25, -0.2) is 0 Å². The van der Waals surface area contributed by atoms with Crippen molar-refractivity contribution in [2.45, 2.75) is 25.6 Å². The van der Waals surface area contributed by atoms with Crippen molar-refractivity contribution in [2.75, 3.05) is 0 Å². The molecule has 0 heterocycles. The Kier molecular flexibility index (Phi) is 4.27. The second kappa shape index (κ2) is 5.48. The van der Waals surface area contributed by atoms with Gasteiger partial charge in [-0.15, -0.1) is 0 Å². The van der Waals surface area contributed by atoms with Crippen molar-refractivity contribution in [1.29, 1.82) is 0 Å². The second-order valence-electron chi connectivity index (χ2n) is 3.51. The Bertz CT molecular complexity index is 312. The van der Waals surface area contributed by atoms with E-state index in [0.717, 1.165) is 5.56 Å².